The molecule has 208 valence electrons. The van der Waals surface area contributed by atoms with E-state index < -0.39 is 17.5 Å². The van der Waals surface area contributed by atoms with Gasteiger partial charge in [-0.05, 0) is 57.5 Å². The maximum atomic E-state index is 14.3. The summed E-state index contributed by atoms with van der Waals surface area (Å²) in [6, 6.07) is 15.3. The summed E-state index contributed by atoms with van der Waals surface area (Å²) in [4.78, 5) is 34.3. The fraction of sp³-hybridized carbons (Fsp3) is 0.300. The van der Waals surface area contributed by atoms with Crippen molar-refractivity contribution >= 4 is 34.5 Å². The molecule has 0 aliphatic carbocycles. The Labute approximate surface area is 236 Å². The largest absolute Gasteiger partial charge is 0.444 e. The number of halogens is 2. The van der Waals surface area contributed by atoms with Gasteiger partial charge in [0.05, 0.1) is 5.52 Å². The number of nitrogens with zero attached hydrogens (tertiary/aromatic N) is 4. The highest BCUT2D eigenvalue weighted by Gasteiger charge is 2.33. The summed E-state index contributed by atoms with van der Waals surface area (Å²) in [6.45, 7) is 8.48. The van der Waals surface area contributed by atoms with Crippen LogP contribution in [0.4, 0.5) is 9.18 Å². The van der Waals surface area contributed by atoms with E-state index in [0.717, 1.165) is 0 Å². The second-order valence-electron chi connectivity index (χ2n) is 10.6. The number of aryl methyl sites for hydroxylation is 1. The quantitative estimate of drug-likeness (QED) is 0.261. The van der Waals surface area contributed by atoms with Crippen LogP contribution in [0.3, 0.4) is 0 Å². The summed E-state index contributed by atoms with van der Waals surface area (Å²) < 4.78 is 27.9. The predicted octanol–water partition coefficient (Wildman–Crippen LogP) is 6.61. The summed E-state index contributed by atoms with van der Waals surface area (Å²) in [6.07, 6.45) is 1.12. The smallest absolute Gasteiger partial charge is 0.410 e. The van der Waals surface area contributed by atoms with Gasteiger partial charge in [0.1, 0.15) is 22.7 Å². The van der Waals surface area contributed by atoms with Crippen LogP contribution in [0.1, 0.15) is 36.7 Å². The van der Waals surface area contributed by atoms with E-state index in [-0.39, 0.29) is 28.3 Å². The third-order valence-electron chi connectivity index (χ3n) is 6.59. The van der Waals surface area contributed by atoms with Gasteiger partial charge in [-0.15, -0.1) is 0 Å². The highest BCUT2D eigenvalue weighted by atomic mass is 35.5. The van der Waals surface area contributed by atoms with E-state index in [0.29, 0.717) is 48.3 Å². The average molecular weight is 565 g/mol. The van der Waals surface area contributed by atoms with Crippen LogP contribution >= 0.6 is 11.6 Å². The molecule has 0 saturated carbocycles. The van der Waals surface area contributed by atoms with Crippen molar-refractivity contribution in [3.63, 3.8) is 0 Å². The molecule has 0 radical (unpaired) electrons. The van der Waals surface area contributed by atoms with Crippen LogP contribution in [0.5, 0.6) is 11.6 Å². The summed E-state index contributed by atoms with van der Waals surface area (Å²) >= 11 is 6.62. The molecule has 2 aromatic carbocycles. The van der Waals surface area contributed by atoms with E-state index in [2.05, 4.69) is 4.98 Å². The number of ether oxygens (including phenoxy) is 2. The number of fused-ring (bicyclic) bond motifs is 1. The first-order valence-electron chi connectivity index (χ1n) is 13.0. The molecule has 5 rings (SSSR count). The lowest BCUT2D eigenvalue weighted by Crippen LogP contribution is -2.51. The monoisotopic (exact) mass is 564 g/mol. The van der Waals surface area contributed by atoms with Gasteiger partial charge in [-0.2, -0.15) is 0 Å². The van der Waals surface area contributed by atoms with Gasteiger partial charge in [-0.3, -0.25) is 9.36 Å². The minimum absolute atomic E-state index is 0.191. The van der Waals surface area contributed by atoms with Crippen LogP contribution in [0.15, 0.2) is 60.8 Å². The van der Waals surface area contributed by atoms with Crippen molar-refractivity contribution in [2.24, 2.45) is 0 Å². The molecule has 0 unspecified atom stereocenters. The van der Waals surface area contributed by atoms with Gasteiger partial charge in [-0.25, -0.2) is 14.2 Å². The second-order valence-corrected chi connectivity index (χ2v) is 11.0. The number of rotatable bonds is 4. The van der Waals surface area contributed by atoms with Crippen LogP contribution in [-0.4, -0.2) is 63.1 Å². The highest BCUT2D eigenvalue weighted by Crippen LogP contribution is 2.41. The molecule has 0 atom stereocenters. The molecule has 3 heterocycles. The number of hydrogen-bond acceptors (Lipinski definition) is 5. The van der Waals surface area contributed by atoms with Gasteiger partial charge < -0.3 is 19.3 Å². The molecule has 40 heavy (non-hydrogen) atoms. The Kier molecular flexibility index (Phi) is 7.42. The normalized spacial score (nSPS) is 13.9. The van der Waals surface area contributed by atoms with Crippen LogP contribution < -0.4 is 4.74 Å². The lowest BCUT2D eigenvalue weighted by atomic mass is 10.1. The molecule has 2 amide bonds. The predicted molar refractivity (Wildman–Crippen MR) is 151 cm³/mol. The minimum atomic E-state index is -0.613. The Morgan fingerprint density at radius 3 is 2.33 bits per heavy atom. The van der Waals surface area contributed by atoms with E-state index in [1.807, 2.05) is 51.1 Å². The molecular formula is C30H30ClFN4O4. The number of benzene rings is 2. The lowest BCUT2D eigenvalue weighted by Gasteiger charge is -2.35. The Bertz CT molecular complexity index is 1570. The van der Waals surface area contributed by atoms with Crippen LogP contribution in [-0.2, 0) is 4.74 Å². The summed E-state index contributed by atoms with van der Waals surface area (Å²) in [5.41, 5.74) is 1.55. The van der Waals surface area contributed by atoms with Crippen LogP contribution in [0.2, 0.25) is 5.15 Å². The first-order chi connectivity index (χ1) is 19.0. The van der Waals surface area contributed by atoms with Gasteiger partial charge >= 0.3 is 6.09 Å². The zero-order valence-electron chi connectivity index (χ0n) is 22.8. The average Bonchev–Trinajstić information content (AvgIpc) is 3.25. The van der Waals surface area contributed by atoms with Crippen molar-refractivity contribution in [1.29, 1.82) is 0 Å². The summed E-state index contributed by atoms with van der Waals surface area (Å²) in [5, 5.41) is 0.739. The Morgan fingerprint density at radius 2 is 1.65 bits per heavy atom. The number of pyridine rings is 1. The molecule has 1 fully saturated rings. The Hall–Kier alpha value is -4.11. The van der Waals surface area contributed by atoms with E-state index in [1.165, 1.54) is 18.3 Å². The van der Waals surface area contributed by atoms with Gasteiger partial charge in [0, 0.05) is 49.5 Å². The molecule has 0 bridgehead atoms. The second kappa shape index (κ2) is 10.8. The van der Waals surface area contributed by atoms with Crippen LogP contribution in [0, 0.1) is 12.7 Å². The molecular weight excluding hydrogens is 535 g/mol. The van der Waals surface area contributed by atoms with E-state index >= 15 is 0 Å². The highest BCUT2D eigenvalue weighted by molar-refractivity contribution is 6.34. The SMILES string of the molecule is Cc1ccc(F)cc1Oc1c(C(=O)N2CCN(C(=O)OC(C)(C)C)CC2)c2ccnc(Cl)c2n1-c1ccccc1. The van der Waals surface area contributed by atoms with Crippen LogP contribution in [0.25, 0.3) is 16.6 Å². The fourth-order valence-corrected chi connectivity index (χ4v) is 4.91. The number of hydrogen-bond donors (Lipinski definition) is 0. The molecule has 1 aliphatic heterocycles. The Morgan fingerprint density at radius 1 is 0.975 bits per heavy atom. The molecule has 4 aromatic rings. The van der Waals surface area contributed by atoms with Gasteiger partial charge in [0.2, 0.25) is 5.88 Å². The van der Waals surface area contributed by atoms with E-state index in [1.54, 1.807) is 33.4 Å². The number of para-hydroxylation sites is 1. The number of piperazine rings is 1. The topological polar surface area (TPSA) is 76.9 Å². The van der Waals surface area contributed by atoms with Gasteiger partial charge in [0.25, 0.3) is 5.91 Å². The van der Waals surface area contributed by atoms with Crippen molar-refractivity contribution in [2.45, 2.75) is 33.3 Å². The van der Waals surface area contributed by atoms with Gasteiger partial charge in [-0.1, -0.05) is 35.9 Å². The molecule has 10 heteroatoms. The van der Waals surface area contributed by atoms with Crippen molar-refractivity contribution in [1.82, 2.24) is 19.4 Å². The maximum Gasteiger partial charge on any atom is 0.410 e. The number of aromatic nitrogens is 2. The summed E-state index contributed by atoms with van der Waals surface area (Å²) in [7, 11) is 0. The minimum Gasteiger partial charge on any atom is -0.444 e. The number of amides is 2. The first kappa shape index (κ1) is 27.5. The molecule has 1 saturated heterocycles. The van der Waals surface area contributed by atoms with Crippen molar-refractivity contribution in [3.05, 3.63) is 82.9 Å². The van der Waals surface area contributed by atoms with Crippen molar-refractivity contribution in [2.75, 3.05) is 26.2 Å². The molecule has 2 aromatic heterocycles. The van der Waals surface area contributed by atoms with E-state index in [4.69, 9.17) is 21.1 Å². The Balaban J connectivity index is 1.59. The van der Waals surface area contributed by atoms with Crippen molar-refractivity contribution in [3.8, 4) is 17.3 Å². The molecule has 1 aliphatic rings. The molecule has 0 spiro atoms. The maximum absolute atomic E-state index is 14.3. The lowest BCUT2D eigenvalue weighted by molar-refractivity contribution is 0.0140. The zero-order chi connectivity index (χ0) is 28.6. The summed E-state index contributed by atoms with van der Waals surface area (Å²) in [5.74, 6) is -0.291. The zero-order valence-corrected chi connectivity index (χ0v) is 23.5. The third-order valence-corrected chi connectivity index (χ3v) is 6.87. The van der Waals surface area contributed by atoms with E-state index in [9.17, 15) is 14.0 Å². The standard InChI is InChI=1S/C30H30ClFN4O4/c1-19-10-11-20(32)18-23(19)39-28-24(27(37)34-14-16-35(17-15-34)29(38)40-30(2,3)4)22-12-13-33-26(31)25(22)36(28)21-8-6-5-7-9-21/h5-13,18H,14-17H2,1-4H3. The fourth-order valence-electron chi connectivity index (χ4n) is 4.66. The third kappa shape index (κ3) is 5.47. The molecule has 0 N–H and O–H groups in total. The number of carbonyl (C=O) groups excluding carboxylic acids is 2. The molecule has 8 nitrogen and oxygen atoms in total. The van der Waals surface area contributed by atoms with Gasteiger partial charge in [0.15, 0.2) is 5.15 Å². The van der Waals surface area contributed by atoms with Crippen molar-refractivity contribution < 1.29 is 23.5 Å². The first-order valence-corrected chi connectivity index (χ1v) is 13.4. The number of carbonyl (C=O) groups is 2.